The molecule has 0 saturated heterocycles. The van der Waals surface area contributed by atoms with Gasteiger partial charge in [0.05, 0.1) is 25.2 Å². The van der Waals surface area contributed by atoms with E-state index in [0.29, 0.717) is 36.4 Å². The molecular formula is C38H47N5O5S. The molecule has 0 unspecified atom stereocenters. The van der Waals surface area contributed by atoms with Crippen LogP contribution in [0.25, 0.3) is 0 Å². The van der Waals surface area contributed by atoms with Gasteiger partial charge in [0, 0.05) is 42.3 Å². The van der Waals surface area contributed by atoms with Crippen molar-refractivity contribution in [2.24, 2.45) is 0 Å². The summed E-state index contributed by atoms with van der Waals surface area (Å²) in [5.74, 6) is -0.243. The number of aliphatic hydroxyl groups excluding tert-OH is 1. The van der Waals surface area contributed by atoms with Crippen LogP contribution in [-0.2, 0) is 24.3 Å². The van der Waals surface area contributed by atoms with Gasteiger partial charge in [0.15, 0.2) is 0 Å². The maximum atomic E-state index is 13.6. The van der Waals surface area contributed by atoms with Crippen LogP contribution in [0.2, 0.25) is 0 Å². The Morgan fingerprint density at radius 1 is 0.939 bits per heavy atom. The van der Waals surface area contributed by atoms with E-state index in [1.165, 1.54) is 11.3 Å². The average Bonchev–Trinajstić information content (AvgIpc) is 3.47. The van der Waals surface area contributed by atoms with Gasteiger partial charge in [0.25, 0.3) is 11.8 Å². The van der Waals surface area contributed by atoms with E-state index in [4.69, 9.17) is 4.74 Å². The van der Waals surface area contributed by atoms with Crippen LogP contribution in [0.3, 0.4) is 0 Å². The Labute approximate surface area is 293 Å². The SMILES string of the molecule is Cc1csc(CN(C)C(=O)c2cccc(C(=O)N[C@@H](Cc3ccccc3)[C@H](O)CNCc3cc(OC(=O)CN(C)C)cc(C(C)C)c3)c2)n1. The molecule has 0 spiro atoms. The van der Waals surface area contributed by atoms with Crippen molar-refractivity contribution in [3.8, 4) is 5.75 Å². The molecule has 0 fully saturated rings. The predicted molar refractivity (Wildman–Crippen MR) is 193 cm³/mol. The number of ether oxygens (including phenoxy) is 1. The molecule has 10 nitrogen and oxygen atoms in total. The zero-order chi connectivity index (χ0) is 35.5. The van der Waals surface area contributed by atoms with E-state index in [0.717, 1.165) is 27.4 Å². The van der Waals surface area contributed by atoms with Crippen LogP contribution in [0.1, 0.15) is 67.9 Å². The summed E-state index contributed by atoms with van der Waals surface area (Å²) in [5.41, 5.74) is 4.53. The zero-order valence-corrected chi connectivity index (χ0v) is 29.9. The summed E-state index contributed by atoms with van der Waals surface area (Å²) in [5, 5.41) is 20.5. The fourth-order valence-electron chi connectivity index (χ4n) is 5.28. The molecule has 1 aromatic heterocycles. The molecule has 0 aliphatic heterocycles. The number of nitrogens with zero attached hydrogens (tertiary/aromatic N) is 3. The molecule has 3 N–H and O–H groups in total. The first-order valence-corrected chi connectivity index (χ1v) is 17.2. The fraction of sp³-hybridized carbons (Fsp3) is 0.368. The summed E-state index contributed by atoms with van der Waals surface area (Å²) in [7, 11) is 5.33. The molecule has 0 aliphatic rings. The highest BCUT2D eigenvalue weighted by atomic mass is 32.1. The Morgan fingerprint density at radius 3 is 2.35 bits per heavy atom. The van der Waals surface area contributed by atoms with Gasteiger partial charge in [0.1, 0.15) is 10.8 Å². The van der Waals surface area contributed by atoms with Crippen molar-refractivity contribution in [3.05, 3.63) is 117 Å². The van der Waals surface area contributed by atoms with Gasteiger partial charge in [-0.2, -0.15) is 0 Å². The van der Waals surface area contributed by atoms with Crippen LogP contribution in [0.5, 0.6) is 5.75 Å². The molecule has 0 bridgehead atoms. The summed E-state index contributed by atoms with van der Waals surface area (Å²) in [6.07, 6.45) is -0.536. The minimum atomic E-state index is -0.937. The molecule has 49 heavy (non-hydrogen) atoms. The Balaban J connectivity index is 1.44. The van der Waals surface area contributed by atoms with E-state index in [9.17, 15) is 19.5 Å². The average molecular weight is 686 g/mol. The van der Waals surface area contributed by atoms with Crippen LogP contribution in [0, 0.1) is 6.92 Å². The number of hydrogen-bond donors (Lipinski definition) is 3. The van der Waals surface area contributed by atoms with Gasteiger partial charge in [-0.25, -0.2) is 4.98 Å². The lowest BCUT2D eigenvalue weighted by atomic mass is 9.99. The first kappa shape index (κ1) is 37.4. The number of nitrogens with one attached hydrogen (secondary N) is 2. The second-order valence-electron chi connectivity index (χ2n) is 12.9. The highest BCUT2D eigenvalue weighted by Gasteiger charge is 2.24. The maximum absolute atomic E-state index is 13.6. The molecule has 1 heterocycles. The number of aliphatic hydroxyl groups is 1. The third-order valence-corrected chi connectivity index (χ3v) is 8.80. The number of hydrogen-bond acceptors (Lipinski definition) is 9. The quantitative estimate of drug-likeness (QED) is 0.114. The normalized spacial score (nSPS) is 12.5. The van der Waals surface area contributed by atoms with Crippen molar-refractivity contribution in [1.82, 2.24) is 25.4 Å². The second kappa shape index (κ2) is 17.8. The summed E-state index contributed by atoms with van der Waals surface area (Å²) in [6.45, 7) is 7.22. The predicted octanol–water partition coefficient (Wildman–Crippen LogP) is 4.81. The zero-order valence-electron chi connectivity index (χ0n) is 29.1. The maximum Gasteiger partial charge on any atom is 0.325 e. The smallest absolute Gasteiger partial charge is 0.325 e. The van der Waals surface area contributed by atoms with E-state index >= 15 is 0 Å². The number of aromatic nitrogens is 1. The lowest BCUT2D eigenvalue weighted by Gasteiger charge is -2.25. The van der Waals surface area contributed by atoms with Crippen molar-refractivity contribution in [2.45, 2.75) is 58.3 Å². The third-order valence-electron chi connectivity index (χ3n) is 7.85. The number of likely N-dealkylation sites (N-methyl/N-ethyl adjacent to an activating group) is 1. The topological polar surface area (TPSA) is 124 Å². The molecular weight excluding hydrogens is 639 g/mol. The molecule has 4 rings (SSSR count). The van der Waals surface area contributed by atoms with Crippen LogP contribution < -0.4 is 15.4 Å². The van der Waals surface area contributed by atoms with E-state index in [1.807, 2.05) is 68.9 Å². The van der Waals surface area contributed by atoms with Crippen molar-refractivity contribution in [1.29, 1.82) is 0 Å². The highest BCUT2D eigenvalue weighted by Crippen LogP contribution is 2.24. The van der Waals surface area contributed by atoms with Gasteiger partial charge in [0.2, 0.25) is 0 Å². The van der Waals surface area contributed by atoms with Crippen LogP contribution in [0.15, 0.2) is 78.2 Å². The number of amides is 2. The highest BCUT2D eigenvalue weighted by molar-refractivity contribution is 7.09. The molecule has 11 heteroatoms. The van der Waals surface area contributed by atoms with Gasteiger partial charge >= 0.3 is 5.97 Å². The molecule has 3 aromatic carbocycles. The number of rotatable bonds is 16. The number of carbonyl (C=O) groups excluding carboxylic acids is 3. The summed E-state index contributed by atoms with van der Waals surface area (Å²) >= 11 is 1.50. The van der Waals surface area contributed by atoms with Gasteiger partial charge < -0.3 is 25.4 Å². The monoisotopic (exact) mass is 685 g/mol. The molecule has 0 radical (unpaired) electrons. The van der Waals surface area contributed by atoms with Crippen molar-refractivity contribution >= 4 is 29.1 Å². The van der Waals surface area contributed by atoms with Gasteiger partial charge in [-0.1, -0.05) is 56.3 Å². The van der Waals surface area contributed by atoms with Crippen molar-refractivity contribution < 1.29 is 24.2 Å². The molecule has 2 atom stereocenters. The van der Waals surface area contributed by atoms with E-state index in [2.05, 4.69) is 35.5 Å². The third kappa shape index (κ3) is 11.6. The Kier molecular flexibility index (Phi) is 13.6. The van der Waals surface area contributed by atoms with Crippen molar-refractivity contribution in [2.75, 3.05) is 34.2 Å². The Morgan fingerprint density at radius 2 is 1.67 bits per heavy atom. The molecule has 4 aromatic rings. The standard InChI is InChI=1S/C38H47N5O5S/c1-25(2)31-15-28(16-32(19-31)48-36(45)23-42(4)5)20-39-21-34(44)33(17-27-11-8-7-9-12-27)41-37(46)29-13-10-14-30(18-29)38(47)43(6)22-35-40-26(3)24-49-35/h7-16,18-19,24-25,33-34,39,44H,17,20-23H2,1-6H3,(H,41,46)/t33-,34+/m0/s1. The van der Waals surface area contributed by atoms with Gasteiger partial charge in [-0.05, 0) is 80.4 Å². The summed E-state index contributed by atoms with van der Waals surface area (Å²) < 4.78 is 5.61. The van der Waals surface area contributed by atoms with Gasteiger partial charge in [-0.3, -0.25) is 19.3 Å². The second-order valence-corrected chi connectivity index (χ2v) is 13.8. The minimum absolute atomic E-state index is 0.172. The number of carbonyl (C=O) groups is 3. The fourth-order valence-corrected chi connectivity index (χ4v) is 6.10. The van der Waals surface area contributed by atoms with E-state index < -0.39 is 12.1 Å². The van der Waals surface area contributed by atoms with Crippen LogP contribution >= 0.6 is 11.3 Å². The number of esters is 1. The largest absolute Gasteiger partial charge is 0.426 e. The first-order valence-electron chi connectivity index (χ1n) is 16.4. The van der Waals surface area contributed by atoms with Gasteiger partial charge in [-0.15, -0.1) is 11.3 Å². The summed E-state index contributed by atoms with van der Waals surface area (Å²) in [4.78, 5) is 46.9. The first-order chi connectivity index (χ1) is 23.4. The molecule has 0 saturated carbocycles. The van der Waals surface area contributed by atoms with E-state index in [1.54, 1.807) is 41.1 Å². The van der Waals surface area contributed by atoms with Crippen molar-refractivity contribution in [3.63, 3.8) is 0 Å². The number of thiazole rings is 1. The number of benzene rings is 3. The lowest BCUT2D eigenvalue weighted by Crippen LogP contribution is -2.48. The molecule has 2 amide bonds. The van der Waals surface area contributed by atoms with Crippen LogP contribution in [-0.4, -0.2) is 84.1 Å². The Bertz CT molecular complexity index is 1710. The van der Waals surface area contributed by atoms with E-state index in [-0.39, 0.29) is 36.8 Å². The summed E-state index contributed by atoms with van der Waals surface area (Å²) in [6, 6.07) is 21.4. The minimum Gasteiger partial charge on any atom is -0.426 e. The Hall–Kier alpha value is -4.42. The van der Waals surface area contributed by atoms with Crippen LogP contribution in [0.4, 0.5) is 0 Å². The molecule has 0 aliphatic carbocycles. The lowest BCUT2D eigenvalue weighted by molar-refractivity contribution is -0.135. The number of aryl methyl sites for hydroxylation is 1. The molecule has 260 valence electrons.